The molecular weight excluding hydrogens is 138 g/mol. The highest BCUT2D eigenvalue weighted by Gasteiger charge is 2.30. The van der Waals surface area contributed by atoms with Gasteiger partial charge in [-0.3, -0.25) is 4.79 Å². The first-order valence-corrected chi connectivity index (χ1v) is 2.83. The van der Waals surface area contributed by atoms with E-state index < -0.39 is 11.7 Å². The van der Waals surface area contributed by atoms with Gasteiger partial charge in [0.2, 0.25) is 5.78 Å². The van der Waals surface area contributed by atoms with Crippen LogP contribution in [0.2, 0.25) is 0 Å². The first-order valence-electron chi connectivity index (χ1n) is 2.83. The van der Waals surface area contributed by atoms with Crippen molar-refractivity contribution in [2.45, 2.75) is 25.7 Å². The Balaban J connectivity index is 3.78. The number of hydrogen-bond donors (Lipinski definition) is 0. The lowest BCUT2D eigenvalue weighted by atomic mass is 10.1. The van der Waals surface area contributed by atoms with Gasteiger partial charge in [-0.15, -0.1) is 12.3 Å². The molecule has 10 heavy (non-hydrogen) atoms. The minimum atomic E-state index is -3.23. The van der Waals surface area contributed by atoms with E-state index >= 15 is 0 Å². The van der Waals surface area contributed by atoms with Gasteiger partial charge in [-0.2, -0.15) is 8.78 Å². The Morgan fingerprint density at radius 1 is 1.70 bits per heavy atom. The van der Waals surface area contributed by atoms with Gasteiger partial charge >= 0.3 is 5.92 Å². The molecule has 0 unspecified atom stereocenters. The fourth-order valence-electron chi connectivity index (χ4n) is 0.405. The van der Waals surface area contributed by atoms with Crippen LogP contribution in [0.1, 0.15) is 19.8 Å². The molecule has 0 saturated heterocycles. The van der Waals surface area contributed by atoms with Crippen molar-refractivity contribution >= 4 is 5.78 Å². The van der Waals surface area contributed by atoms with E-state index in [9.17, 15) is 13.6 Å². The molecule has 0 rings (SSSR count). The van der Waals surface area contributed by atoms with Crippen LogP contribution >= 0.6 is 0 Å². The van der Waals surface area contributed by atoms with E-state index in [0.29, 0.717) is 6.92 Å². The summed E-state index contributed by atoms with van der Waals surface area (Å²) in [6.45, 7) is 0.575. The monoisotopic (exact) mass is 146 g/mol. The van der Waals surface area contributed by atoms with E-state index in [1.807, 2.05) is 0 Å². The van der Waals surface area contributed by atoms with E-state index in [2.05, 4.69) is 5.92 Å². The molecule has 0 amide bonds. The summed E-state index contributed by atoms with van der Waals surface area (Å²) in [5.74, 6) is -2.20. The highest BCUT2D eigenvalue weighted by atomic mass is 19.3. The first kappa shape index (κ1) is 9.09. The second kappa shape index (κ2) is 3.31. The number of alkyl halides is 2. The van der Waals surface area contributed by atoms with Gasteiger partial charge in [-0.1, -0.05) is 0 Å². The molecule has 0 bridgehead atoms. The molecule has 0 N–H and O–H groups in total. The first-order chi connectivity index (χ1) is 4.48. The number of carbonyl (C=O) groups is 1. The van der Waals surface area contributed by atoms with Gasteiger partial charge in [0, 0.05) is 19.8 Å². The molecule has 0 aromatic heterocycles. The van der Waals surface area contributed by atoms with Gasteiger partial charge in [-0.25, -0.2) is 0 Å². The summed E-state index contributed by atoms with van der Waals surface area (Å²) in [6, 6.07) is 0. The Kier molecular flexibility index (Phi) is 3.01. The second-order valence-corrected chi connectivity index (χ2v) is 2.02. The summed E-state index contributed by atoms with van der Waals surface area (Å²) in [5, 5.41) is 0. The van der Waals surface area contributed by atoms with Crippen LogP contribution in [-0.2, 0) is 4.79 Å². The summed E-state index contributed by atoms with van der Waals surface area (Å²) in [4.78, 5) is 10.4. The van der Waals surface area contributed by atoms with Gasteiger partial charge in [0.25, 0.3) is 0 Å². The van der Waals surface area contributed by atoms with Crippen molar-refractivity contribution in [3.05, 3.63) is 0 Å². The van der Waals surface area contributed by atoms with Crippen molar-refractivity contribution in [2.24, 2.45) is 0 Å². The standard InChI is InChI=1S/C7H8F2O/c1-3-4-5-6(10)7(2,8)9/h1H,4-5H2,2H3. The summed E-state index contributed by atoms with van der Waals surface area (Å²) < 4.78 is 24.0. The van der Waals surface area contributed by atoms with Crippen molar-refractivity contribution < 1.29 is 13.6 Å². The third-order valence-corrected chi connectivity index (χ3v) is 0.986. The zero-order valence-corrected chi connectivity index (χ0v) is 5.66. The van der Waals surface area contributed by atoms with Gasteiger partial charge < -0.3 is 0 Å². The van der Waals surface area contributed by atoms with Crippen LogP contribution in [0.4, 0.5) is 8.78 Å². The third-order valence-electron chi connectivity index (χ3n) is 0.986. The van der Waals surface area contributed by atoms with Crippen LogP contribution in [0.5, 0.6) is 0 Å². The normalized spacial score (nSPS) is 10.6. The molecule has 0 aromatic carbocycles. The zero-order valence-electron chi connectivity index (χ0n) is 5.66. The Hall–Kier alpha value is -0.910. The van der Waals surface area contributed by atoms with Crippen LogP contribution in [0.15, 0.2) is 0 Å². The molecule has 0 aliphatic rings. The number of carbonyl (C=O) groups excluding carboxylic acids is 1. The molecule has 0 aliphatic heterocycles. The Labute approximate surface area is 58.4 Å². The number of ketones is 1. The van der Waals surface area contributed by atoms with Crippen molar-refractivity contribution in [3.8, 4) is 12.3 Å². The number of Topliss-reactive ketones (excluding diaryl/α,β-unsaturated/α-hetero) is 1. The molecule has 56 valence electrons. The van der Waals surface area contributed by atoms with Crippen LogP contribution in [-0.4, -0.2) is 11.7 Å². The van der Waals surface area contributed by atoms with Crippen LogP contribution in [0.3, 0.4) is 0 Å². The van der Waals surface area contributed by atoms with E-state index in [0.717, 1.165) is 0 Å². The maximum absolute atomic E-state index is 12.0. The highest BCUT2D eigenvalue weighted by Crippen LogP contribution is 2.15. The summed E-state index contributed by atoms with van der Waals surface area (Å²) in [6.07, 6.45) is 4.62. The zero-order chi connectivity index (χ0) is 8.20. The fraction of sp³-hybridized carbons (Fsp3) is 0.571. The quantitative estimate of drug-likeness (QED) is 0.553. The summed E-state index contributed by atoms with van der Waals surface area (Å²) in [5.41, 5.74) is 0. The smallest absolute Gasteiger partial charge is 0.293 e. The van der Waals surface area contributed by atoms with E-state index in [1.54, 1.807) is 0 Å². The summed E-state index contributed by atoms with van der Waals surface area (Å²) >= 11 is 0. The Morgan fingerprint density at radius 2 is 2.20 bits per heavy atom. The molecule has 0 atom stereocenters. The van der Waals surface area contributed by atoms with Crippen LogP contribution < -0.4 is 0 Å². The average Bonchev–Trinajstić information content (AvgIpc) is 1.80. The third kappa shape index (κ3) is 3.18. The number of terminal acetylenes is 1. The molecule has 3 heteroatoms. The predicted molar refractivity (Wildman–Crippen MR) is 33.7 cm³/mol. The maximum Gasteiger partial charge on any atom is 0.302 e. The second-order valence-electron chi connectivity index (χ2n) is 2.02. The molecule has 0 radical (unpaired) electrons. The van der Waals surface area contributed by atoms with E-state index in [4.69, 9.17) is 6.42 Å². The molecule has 0 saturated carbocycles. The van der Waals surface area contributed by atoms with Gasteiger partial charge in [-0.05, 0) is 0 Å². The van der Waals surface area contributed by atoms with Crippen molar-refractivity contribution in [3.63, 3.8) is 0 Å². The Bertz CT molecular complexity index is 161. The molecule has 0 spiro atoms. The highest BCUT2D eigenvalue weighted by molar-refractivity contribution is 5.85. The molecule has 1 nitrogen and oxygen atoms in total. The van der Waals surface area contributed by atoms with Crippen LogP contribution in [0, 0.1) is 12.3 Å². The average molecular weight is 146 g/mol. The van der Waals surface area contributed by atoms with Gasteiger partial charge in [0.15, 0.2) is 0 Å². The predicted octanol–water partition coefficient (Wildman–Crippen LogP) is 1.62. The van der Waals surface area contributed by atoms with Crippen molar-refractivity contribution in [1.29, 1.82) is 0 Å². The van der Waals surface area contributed by atoms with Crippen molar-refractivity contribution in [2.75, 3.05) is 0 Å². The van der Waals surface area contributed by atoms with Gasteiger partial charge in [0.05, 0.1) is 0 Å². The molecule has 0 aliphatic carbocycles. The summed E-state index contributed by atoms with van der Waals surface area (Å²) in [7, 11) is 0. The van der Waals surface area contributed by atoms with Crippen molar-refractivity contribution in [1.82, 2.24) is 0 Å². The van der Waals surface area contributed by atoms with Gasteiger partial charge in [0.1, 0.15) is 0 Å². The largest absolute Gasteiger partial charge is 0.302 e. The molecular formula is C7H8F2O. The maximum atomic E-state index is 12.0. The lowest BCUT2D eigenvalue weighted by Crippen LogP contribution is -2.23. The van der Waals surface area contributed by atoms with E-state index in [-0.39, 0.29) is 12.8 Å². The number of halogens is 2. The Morgan fingerprint density at radius 3 is 2.50 bits per heavy atom. The van der Waals surface area contributed by atoms with Crippen LogP contribution in [0.25, 0.3) is 0 Å². The molecule has 0 heterocycles. The lowest BCUT2D eigenvalue weighted by molar-refractivity contribution is -0.140. The fourth-order valence-corrected chi connectivity index (χ4v) is 0.405. The minimum Gasteiger partial charge on any atom is -0.293 e. The molecule has 0 aromatic rings. The number of rotatable bonds is 3. The van der Waals surface area contributed by atoms with E-state index in [1.165, 1.54) is 0 Å². The topological polar surface area (TPSA) is 17.1 Å². The SMILES string of the molecule is C#CCCC(=O)C(C)(F)F. The minimum absolute atomic E-state index is 0.0856. The molecule has 0 fully saturated rings. The number of hydrogen-bond acceptors (Lipinski definition) is 1. The lowest BCUT2D eigenvalue weighted by Gasteiger charge is -2.05.